The Morgan fingerprint density at radius 3 is 2.74 bits per heavy atom. The van der Waals surface area contributed by atoms with Crippen LogP contribution in [0.2, 0.25) is 0 Å². The topological polar surface area (TPSA) is 86.7 Å². The third kappa shape index (κ3) is 4.68. The number of hydrogen-bond acceptors (Lipinski definition) is 4. The summed E-state index contributed by atoms with van der Waals surface area (Å²) < 4.78 is 11.0. The Labute approximate surface area is 119 Å². The first-order valence-corrected chi connectivity index (χ1v) is 8.83. The van der Waals surface area contributed by atoms with Crippen molar-refractivity contribution in [1.82, 2.24) is 10.2 Å². The fourth-order valence-electron chi connectivity index (χ4n) is 1.84. The van der Waals surface area contributed by atoms with Gasteiger partial charge in [0.1, 0.15) is 6.04 Å². The molecule has 0 bridgehead atoms. The van der Waals surface area contributed by atoms with Crippen LogP contribution in [0.25, 0.3) is 0 Å². The van der Waals surface area contributed by atoms with Crippen molar-refractivity contribution in [2.75, 3.05) is 17.8 Å². The molecular weight excluding hydrogens is 288 g/mol. The molecule has 2 amide bonds. The first-order valence-electron chi connectivity index (χ1n) is 6.06. The fraction of sp³-hybridized carbons (Fsp3) is 0.818. The van der Waals surface area contributed by atoms with Gasteiger partial charge in [0.15, 0.2) is 0 Å². The number of nitrogens with one attached hydrogen (secondary N) is 1. The van der Waals surface area contributed by atoms with Gasteiger partial charge < -0.3 is 10.4 Å². The lowest BCUT2D eigenvalue weighted by molar-refractivity contribution is -0.141. The van der Waals surface area contributed by atoms with Gasteiger partial charge in [-0.05, 0) is 20.3 Å². The maximum Gasteiger partial charge on any atom is 0.327 e. The highest BCUT2D eigenvalue weighted by atomic mass is 32.2. The maximum absolute atomic E-state index is 12.1. The van der Waals surface area contributed by atoms with Crippen LogP contribution in [0.15, 0.2) is 0 Å². The van der Waals surface area contributed by atoms with Gasteiger partial charge in [0.25, 0.3) is 0 Å². The van der Waals surface area contributed by atoms with Crippen LogP contribution in [0.4, 0.5) is 4.79 Å². The van der Waals surface area contributed by atoms with Gasteiger partial charge in [0.05, 0.1) is 5.37 Å². The van der Waals surface area contributed by atoms with Crippen molar-refractivity contribution in [2.45, 2.75) is 37.7 Å². The molecule has 110 valence electrons. The monoisotopic (exact) mass is 308 g/mol. The summed E-state index contributed by atoms with van der Waals surface area (Å²) in [6.45, 7) is 3.65. The molecule has 1 heterocycles. The van der Waals surface area contributed by atoms with E-state index in [-0.39, 0.29) is 17.4 Å². The number of carbonyl (C=O) groups excluding carboxylic acids is 1. The number of amides is 2. The van der Waals surface area contributed by atoms with Crippen LogP contribution in [0.5, 0.6) is 0 Å². The molecule has 0 aliphatic carbocycles. The highest BCUT2D eigenvalue weighted by Crippen LogP contribution is 2.28. The highest BCUT2D eigenvalue weighted by molar-refractivity contribution is 8.00. The molecule has 1 fully saturated rings. The van der Waals surface area contributed by atoms with E-state index in [2.05, 4.69) is 5.32 Å². The summed E-state index contributed by atoms with van der Waals surface area (Å²) in [7, 11) is -0.887. The molecule has 4 atom stereocenters. The van der Waals surface area contributed by atoms with Crippen molar-refractivity contribution in [3.63, 3.8) is 0 Å². The summed E-state index contributed by atoms with van der Waals surface area (Å²) in [6.07, 6.45) is 2.23. The normalized spacial score (nSPS) is 25.9. The summed E-state index contributed by atoms with van der Waals surface area (Å²) in [5.74, 6) is -0.0416. The third-order valence-electron chi connectivity index (χ3n) is 2.95. The van der Waals surface area contributed by atoms with Gasteiger partial charge in [-0.2, -0.15) is 0 Å². The number of aliphatic carboxylic acids is 1. The molecule has 0 aromatic carbocycles. The van der Waals surface area contributed by atoms with Gasteiger partial charge in [-0.3, -0.25) is 9.11 Å². The molecule has 4 unspecified atom stereocenters. The Balaban J connectivity index is 2.55. The summed E-state index contributed by atoms with van der Waals surface area (Å²) in [5, 5.41) is 11.7. The minimum atomic E-state index is -0.977. The Morgan fingerprint density at radius 1 is 1.58 bits per heavy atom. The van der Waals surface area contributed by atoms with E-state index in [1.807, 2.05) is 13.8 Å². The van der Waals surface area contributed by atoms with Gasteiger partial charge in [-0.25, -0.2) is 9.59 Å². The first-order chi connectivity index (χ1) is 8.82. The second kappa shape index (κ2) is 7.14. The van der Waals surface area contributed by atoms with Gasteiger partial charge in [-0.15, -0.1) is 11.8 Å². The molecule has 0 spiro atoms. The molecule has 1 aliphatic rings. The zero-order valence-corrected chi connectivity index (χ0v) is 12.9. The summed E-state index contributed by atoms with van der Waals surface area (Å²) in [6, 6.07) is -1.25. The Morgan fingerprint density at radius 2 is 2.21 bits per heavy atom. The molecule has 6 nitrogen and oxygen atoms in total. The third-order valence-corrected chi connectivity index (χ3v) is 4.98. The van der Waals surface area contributed by atoms with Crippen LogP contribution in [0.1, 0.15) is 20.3 Å². The molecule has 1 rings (SSSR count). The number of hydrogen-bond donors (Lipinski definition) is 2. The lowest BCUT2D eigenvalue weighted by atomic mass is 10.2. The number of carbonyl (C=O) groups is 2. The minimum absolute atomic E-state index is 0.122. The number of rotatable bonds is 5. The SMILES string of the molecule is CC(CCS(C)=O)NC(=O)N1C(C)SCC1C(=O)O. The standard InChI is InChI=1S/C11H20N2O4S2/c1-7(4-5-19(3)17)12-11(16)13-8(2)18-6-9(13)10(14)15/h7-9H,4-6H2,1-3H3,(H,12,16)(H,14,15). The average molecular weight is 308 g/mol. The number of carboxylic acids is 1. The van der Waals surface area contributed by atoms with Crippen molar-refractivity contribution >= 4 is 34.6 Å². The van der Waals surface area contributed by atoms with Crippen LogP contribution in [0, 0.1) is 0 Å². The van der Waals surface area contributed by atoms with Gasteiger partial charge in [0, 0.05) is 34.6 Å². The van der Waals surface area contributed by atoms with E-state index in [4.69, 9.17) is 5.11 Å². The van der Waals surface area contributed by atoms with Crippen molar-refractivity contribution in [3.8, 4) is 0 Å². The molecule has 0 radical (unpaired) electrons. The second-order valence-electron chi connectivity index (χ2n) is 4.61. The Hall–Kier alpha value is -0.760. The van der Waals surface area contributed by atoms with Crippen LogP contribution in [-0.2, 0) is 15.6 Å². The number of carboxylic acid groups (broad SMARTS) is 1. The number of urea groups is 1. The molecule has 2 N–H and O–H groups in total. The van der Waals surface area contributed by atoms with E-state index in [9.17, 15) is 13.8 Å². The number of nitrogens with zero attached hydrogens (tertiary/aromatic N) is 1. The highest BCUT2D eigenvalue weighted by Gasteiger charge is 2.39. The first kappa shape index (κ1) is 16.3. The summed E-state index contributed by atoms with van der Waals surface area (Å²) >= 11 is 1.45. The van der Waals surface area contributed by atoms with Crippen molar-refractivity contribution < 1.29 is 18.9 Å². The summed E-state index contributed by atoms with van der Waals surface area (Å²) in [4.78, 5) is 24.5. The van der Waals surface area contributed by atoms with E-state index in [1.54, 1.807) is 6.26 Å². The molecule has 1 saturated heterocycles. The molecule has 0 aromatic heterocycles. The zero-order chi connectivity index (χ0) is 14.6. The maximum atomic E-state index is 12.1. The van der Waals surface area contributed by atoms with E-state index in [0.29, 0.717) is 17.9 Å². The quantitative estimate of drug-likeness (QED) is 0.781. The van der Waals surface area contributed by atoms with Gasteiger partial charge in [-0.1, -0.05) is 0 Å². The largest absolute Gasteiger partial charge is 0.480 e. The van der Waals surface area contributed by atoms with Crippen molar-refractivity contribution in [2.24, 2.45) is 0 Å². The van der Waals surface area contributed by atoms with Crippen molar-refractivity contribution in [3.05, 3.63) is 0 Å². The van der Waals surface area contributed by atoms with Gasteiger partial charge >= 0.3 is 12.0 Å². The fourth-order valence-corrected chi connectivity index (χ4v) is 3.69. The Bertz CT molecular complexity index is 378. The van der Waals surface area contributed by atoms with Crippen LogP contribution in [0.3, 0.4) is 0 Å². The lowest BCUT2D eigenvalue weighted by Crippen LogP contribution is -2.51. The second-order valence-corrected chi connectivity index (χ2v) is 7.51. The number of thioether (sulfide) groups is 1. The van der Waals surface area contributed by atoms with Crippen molar-refractivity contribution in [1.29, 1.82) is 0 Å². The van der Waals surface area contributed by atoms with E-state index in [0.717, 1.165) is 0 Å². The van der Waals surface area contributed by atoms with Crippen LogP contribution < -0.4 is 5.32 Å². The van der Waals surface area contributed by atoms with Crippen LogP contribution >= 0.6 is 11.8 Å². The van der Waals surface area contributed by atoms with E-state index in [1.165, 1.54) is 16.7 Å². The predicted octanol–water partition coefficient (Wildman–Crippen LogP) is 0.701. The lowest BCUT2D eigenvalue weighted by Gasteiger charge is -2.27. The molecule has 0 aromatic rings. The van der Waals surface area contributed by atoms with Crippen LogP contribution in [-0.4, -0.2) is 61.4 Å². The average Bonchev–Trinajstić information content (AvgIpc) is 2.68. The zero-order valence-electron chi connectivity index (χ0n) is 11.3. The predicted molar refractivity (Wildman–Crippen MR) is 76.7 cm³/mol. The Kier molecular flexibility index (Phi) is 6.12. The minimum Gasteiger partial charge on any atom is -0.480 e. The smallest absolute Gasteiger partial charge is 0.327 e. The molecular formula is C11H20N2O4S2. The molecule has 0 saturated carbocycles. The van der Waals surface area contributed by atoms with Gasteiger partial charge in [0.2, 0.25) is 0 Å². The molecule has 8 heteroatoms. The molecule has 19 heavy (non-hydrogen) atoms. The van der Waals surface area contributed by atoms with E-state index >= 15 is 0 Å². The summed E-state index contributed by atoms with van der Waals surface area (Å²) in [5.41, 5.74) is 0. The van der Waals surface area contributed by atoms with E-state index < -0.39 is 22.8 Å². The molecule has 1 aliphatic heterocycles.